The van der Waals surface area contributed by atoms with Gasteiger partial charge in [-0.25, -0.2) is 4.79 Å². The first kappa shape index (κ1) is 93.6. The first-order chi connectivity index (χ1) is 54.4. The number of methoxy groups -OCH3 is 4. The van der Waals surface area contributed by atoms with Crippen molar-refractivity contribution in [2.75, 3.05) is 41.5 Å². The third-order valence-corrected chi connectivity index (χ3v) is 23.1. The summed E-state index contributed by atoms with van der Waals surface area (Å²) in [5, 5.41) is 31.7. The number of ether oxygens (including phenoxy) is 4. The molecule has 6 fully saturated rings. The Morgan fingerprint density at radius 1 is 0.487 bits per heavy atom. The molecule has 4 saturated carbocycles. The quantitative estimate of drug-likeness (QED) is 0.0141. The lowest BCUT2D eigenvalue weighted by Gasteiger charge is -2.15. The minimum absolute atomic E-state index is 0.111. The summed E-state index contributed by atoms with van der Waals surface area (Å²) in [7, 11) is 5.36. The minimum atomic E-state index is -1.21. The summed E-state index contributed by atoms with van der Waals surface area (Å²) in [6.07, 6.45) is 4.27. The van der Waals surface area contributed by atoms with Gasteiger partial charge in [0, 0.05) is 24.5 Å². The lowest BCUT2D eigenvalue weighted by Crippen LogP contribution is -2.30. The van der Waals surface area contributed by atoms with Crippen LogP contribution in [-0.4, -0.2) is 121 Å². The number of alkyl halides is 2. The average molecular weight is 1740 g/mol. The number of nitrogens with one attached hydrogen (secondary N) is 2. The summed E-state index contributed by atoms with van der Waals surface area (Å²) in [4.78, 5) is 120. The number of imide groups is 1. The van der Waals surface area contributed by atoms with E-state index < -0.39 is 52.0 Å². The number of esters is 4. The van der Waals surface area contributed by atoms with Crippen molar-refractivity contribution in [3.05, 3.63) is 296 Å². The standard InChI is InChI=1S/C14H16O4.C12H11NO2.C12H15N.C12H12O4.C10H11BrO2.C9H8BrClO.C9H9ClO.C9H10O2.C4H6O2/c1-9-4-6-10(7-5-9)14(13(16)18-3)8-11(14)12(15)17-2;1-7-2-4-8(5-3-7)12-6-9(12)10(14)13-11(12)15;1-9-2-4-10(5-3-9)12-6-11(12)7-13-8-12;1-7-2-4-8(5-3-7)12(11(15)16)6-9(12)10(13)14;1-7-3-5-8(6-4-7)9(11)10(12)13-2;1-6-2-4-7(5-3-6)8(10)9(11)12;2*1-7-2-4-8(5-3-7)6-9(10)11;1-3-4(5)6-2/h4-7,11H,8H2,1-3H3;2-5,9H,6H2,1H3,(H,13,14,15);2-5,11,13H,6-8H2,1H3;2-5,9H,6H2,1H3,(H,13,14)(H,15,16);3-6,9H,1-2H3;2-5,8H,1H3;2-5H,6H2,1H3;2-5H,6H2,1H3,(H,10,11);3H,1H2,2H3. The Labute approximate surface area is 698 Å². The molecule has 6 aliphatic rings. The van der Waals surface area contributed by atoms with Gasteiger partial charge in [0.05, 0.1) is 58.0 Å². The number of rotatable bonds is 17. The average Bonchev–Trinajstić information content (AvgIpc) is 1.48. The lowest BCUT2D eigenvalue weighted by molar-refractivity contribution is -0.149. The van der Waals surface area contributed by atoms with Gasteiger partial charge in [-0.15, -0.1) is 0 Å². The predicted octanol–water partition coefficient (Wildman–Crippen LogP) is 15.9. The highest BCUT2D eigenvalue weighted by atomic mass is 79.9. The molecular weight excluding hydrogens is 1640 g/mol. The Bertz CT molecular complexity index is 4660. The third kappa shape index (κ3) is 25.6. The number of halogens is 4. The molecule has 10 atom stereocenters. The van der Waals surface area contributed by atoms with Crippen molar-refractivity contribution >= 4 is 119 Å². The van der Waals surface area contributed by atoms with E-state index in [0.29, 0.717) is 30.2 Å². The van der Waals surface area contributed by atoms with E-state index in [-0.39, 0.29) is 68.6 Å². The molecule has 20 nitrogen and oxygen atoms in total. The molecule has 10 unspecified atom stereocenters. The molecule has 2 amide bonds. The molecule has 2 heterocycles. The third-order valence-electron chi connectivity index (χ3n) is 20.6. The normalized spacial score (nSPS) is 21.0. The molecule has 0 bridgehead atoms. The zero-order valence-corrected chi connectivity index (χ0v) is 71.0. The van der Waals surface area contributed by atoms with E-state index >= 15 is 0 Å². The van der Waals surface area contributed by atoms with Crippen LogP contribution in [0.5, 0.6) is 0 Å². The van der Waals surface area contributed by atoms with Gasteiger partial charge in [-0.2, -0.15) is 0 Å². The fourth-order valence-corrected chi connectivity index (χ4v) is 14.3. The fourth-order valence-electron chi connectivity index (χ4n) is 13.3. The van der Waals surface area contributed by atoms with Gasteiger partial charge < -0.3 is 39.6 Å². The molecule has 4 aliphatic carbocycles. The molecule has 0 aromatic heterocycles. The van der Waals surface area contributed by atoms with Crippen molar-refractivity contribution < 1.29 is 87.0 Å². The highest BCUT2D eigenvalue weighted by molar-refractivity contribution is 9.09. The molecule has 608 valence electrons. The summed E-state index contributed by atoms with van der Waals surface area (Å²) in [6, 6.07) is 62.2. The van der Waals surface area contributed by atoms with Gasteiger partial charge in [-0.1, -0.05) is 277 Å². The molecule has 0 radical (unpaired) electrons. The van der Waals surface area contributed by atoms with Crippen LogP contribution in [-0.2, 0) is 106 Å². The number of amides is 2. The number of carboxylic acid groups (broad SMARTS) is 3. The van der Waals surface area contributed by atoms with Gasteiger partial charge in [0.15, 0.2) is 0 Å². The molecule has 8 aromatic carbocycles. The number of carbonyl (C=O) groups excluding carboxylic acids is 8. The monoisotopic (exact) mass is 1730 g/mol. The van der Waals surface area contributed by atoms with E-state index in [0.717, 1.165) is 67.6 Å². The Hall–Kier alpha value is -10.2. The van der Waals surface area contributed by atoms with Crippen LogP contribution in [0.3, 0.4) is 0 Å². The van der Waals surface area contributed by atoms with Crippen LogP contribution in [0.15, 0.2) is 207 Å². The van der Waals surface area contributed by atoms with Gasteiger partial charge in [0.25, 0.3) is 0 Å². The zero-order valence-electron chi connectivity index (χ0n) is 66.4. The number of piperidine rings is 2. The van der Waals surface area contributed by atoms with Crippen LogP contribution in [0.4, 0.5) is 0 Å². The zero-order chi connectivity index (χ0) is 85.3. The maximum Gasteiger partial charge on any atom is 0.329 e. The van der Waals surface area contributed by atoms with E-state index in [9.17, 15) is 57.8 Å². The molecule has 0 spiro atoms. The number of carboxylic acids is 3. The van der Waals surface area contributed by atoms with Crippen molar-refractivity contribution in [3.8, 4) is 0 Å². The molecular formula is C91H98Br2Cl2N2O18. The summed E-state index contributed by atoms with van der Waals surface area (Å²) in [6.45, 7) is 21.6. The van der Waals surface area contributed by atoms with Crippen LogP contribution in [0, 0.1) is 79.1 Å². The number of fused-ring (bicyclic) bond motifs is 2. The van der Waals surface area contributed by atoms with E-state index in [2.05, 4.69) is 89.7 Å². The molecule has 8 aromatic rings. The van der Waals surface area contributed by atoms with Crippen LogP contribution in [0.2, 0.25) is 0 Å². The maximum atomic E-state index is 12.0. The molecule has 2 saturated heterocycles. The van der Waals surface area contributed by atoms with Crippen molar-refractivity contribution in [2.24, 2.45) is 23.7 Å². The van der Waals surface area contributed by atoms with Crippen molar-refractivity contribution in [2.45, 2.75) is 125 Å². The van der Waals surface area contributed by atoms with E-state index in [1.807, 2.05) is 194 Å². The molecule has 5 N–H and O–H groups in total. The van der Waals surface area contributed by atoms with Gasteiger partial charge in [-0.3, -0.25) is 53.3 Å². The number of aliphatic carboxylic acids is 3. The Morgan fingerprint density at radius 3 is 1.18 bits per heavy atom. The summed E-state index contributed by atoms with van der Waals surface area (Å²) >= 11 is 17.0. The second kappa shape index (κ2) is 42.9. The second-order valence-electron chi connectivity index (χ2n) is 29.0. The Kier molecular flexibility index (Phi) is 35.0. The second-order valence-corrected chi connectivity index (χ2v) is 31.6. The number of aryl methyl sites for hydroxylation is 8. The van der Waals surface area contributed by atoms with Crippen LogP contribution in [0.1, 0.15) is 124 Å². The summed E-state index contributed by atoms with van der Waals surface area (Å²) in [5.74, 6) is -4.93. The van der Waals surface area contributed by atoms with Crippen molar-refractivity contribution in [3.63, 3.8) is 0 Å². The van der Waals surface area contributed by atoms with Gasteiger partial charge in [-0.05, 0) is 161 Å². The van der Waals surface area contributed by atoms with E-state index in [1.54, 1.807) is 29.8 Å². The predicted molar refractivity (Wildman–Crippen MR) is 448 cm³/mol. The Balaban J connectivity index is 0.000000203. The smallest absolute Gasteiger partial charge is 0.329 e. The highest BCUT2D eigenvalue weighted by Gasteiger charge is 2.70. The van der Waals surface area contributed by atoms with Crippen molar-refractivity contribution in [1.82, 2.24) is 10.6 Å². The number of hydrogen-bond acceptors (Lipinski definition) is 16. The SMILES string of the molecule is C=CC(=O)OC.COC(=O)C(Br)c1ccc(C)cc1.COC(=O)C1CC1(C(=O)OC)c1ccc(C)cc1.Cc1ccc(C(Br)C(=O)Cl)cc1.Cc1ccc(C2(C(=O)O)CC2C(=O)O)cc1.Cc1ccc(C23CC2C(=O)NC3=O)cc1.Cc1ccc(C23CNCC2C3)cc1.Cc1ccc(CC(=O)Cl)cc1.Cc1ccc(CC(=O)O)cc1. The van der Waals surface area contributed by atoms with Gasteiger partial charge in [0.1, 0.15) is 20.5 Å². The molecule has 24 heteroatoms. The number of carbonyl (C=O) groups is 11. The van der Waals surface area contributed by atoms with E-state index in [4.69, 9.17) is 42.9 Å². The first-order valence-corrected chi connectivity index (χ1v) is 39.4. The Morgan fingerprint density at radius 2 is 0.878 bits per heavy atom. The summed E-state index contributed by atoms with van der Waals surface area (Å²) < 4.78 is 18.3. The molecule has 14 rings (SSSR count). The van der Waals surface area contributed by atoms with Gasteiger partial charge in [0.2, 0.25) is 22.3 Å². The van der Waals surface area contributed by atoms with Crippen LogP contribution >= 0.6 is 55.1 Å². The largest absolute Gasteiger partial charge is 0.481 e. The number of hydrogen-bond donors (Lipinski definition) is 5. The van der Waals surface area contributed by atoms with Gasteiger partial charge >= 0.3 is 41.8 Å². The minimum Gasteiger partial charge on any atom is -0.481 e. The molecule has 2 aliphatic heterocycles. The van der Waals surface area contributed by atoms with E-state index in [1.165, 1.54) is 70.2 Å². The topological polar surface area (TPSA) is 309 Å². The summed E-state index contributed by atoms with van der Waals surface area (Å²) in [5.41, 5.74) is 14.8. The van der Waals surface area contributed by atoms with Crippen LogP contribution < -0.4 is 10.6 Å². The first-order valence-electron chi connectivity index (χ1n) is 36.8. The van der Waals surface area contributed by atoms with Crippen molar-refractivity contribution in [1.29, 1.82) is 0 Å². The number of benzene rings is 8. The highest BCUT2D eigenvalue weighted by Crippen LogP contribution is 2.59. The maximum absolute atomic E-state index is 12.0. The molecule has 115 heavy (non-hydrogen) atoms. The lowest BCUT2D eigenvalue weighted by atomic mass is 9.92. The van der Waals surface area contributed by atoms with Crippen LogP contribution in [0.25, 0.3) is 0 Å². The fraction of sp³-hybridized carbons (Fsp3) is 0.330.